The number of para-hydroxylation sites is 1. The molecule has 3 rings (SSSR count). The molecule has 4 nitrogen and oxygen atoms in total. The first-order valence-corrected chi connectivity index (χ1v) is 5.46. The number of benzene rings is 1. The van der Waals surface area contributed by atoms with Gasteiger partial charge in [-0.2, -0.15) is 0 Å². The first kappa shape index (κ1) is 10.7. The van der Waals surface area contributed by atoms with Crippen molar-refractivity contribution >= 4 is 16.8 Å². The Hall–Kier alpha value is -2.43. The van der Waals surface area contributed by atoms with Crippen LogP contribution in [0.4, 0.5) is 10.2 Å². The molecule has 0 saturated heterocycles. The van der Waals surface area contributed by atoms with Crippen LogP contribution in [0.25, 0.3) is 22.4 Å². The number of nitrogens with zero attached hydrogens (tertiary/aromatic N) is 2. The molecule has 0 bridgehead atoms. The lowest BCUT2D eigenvalue weighted by Gasteiger charge is -1.99. The molecular weight excluding hydrogens is 233 g/mol. The molecule has 3 aromatic rings. The van der Waals surface area contributed by atoms with Crippen molar-refractivity contribution in [3.05, 3.63) is 42.5 Å². The third kappa shape index (κ3) is 1.69. The standard InChI is InChI=1S/C13H10FN3O/c1-15-12-6-10(16-7-17-12)11-5-8-3-2-4-9(14)13(8)18-11/h2-7H,1H3,(H,15,16,17). The number of hydrogen-bond acceptors (Lipinski definition) is 4. The third-order valence-electron chi connectivity index (χ3n) is 2.67. The van der Waals surface area contributed by atoms with E-state index in [0.29, 0.717) is 17.3 Å². The van der Waals surface area contributed by atoms with Gasteiger partial charge in [0.05, 0.1) is 0 Å². The van der Waals surface area contributed by atoms with Gasteiger partial charge >= 0.3 is 0 Å². The normalized spacial score (nSPS) is 10.8. The van der Waals surface area contributed by atoms with E-state index in [4.69, 9.17) is 4.42 Å². The quantitative estimate of drug-likeness (QED) is 0.751. The number of furan rings is 1. The van der Waals surface area contributed by atoms with Crippen LogP contribution >= 0.6 is 0 Å². The molecule has 2 aromatic heterocycles. The lowest BCUT2D eigenvalue weighted by Crippen LogP contribution is -1.93. The van der Waals surface area contributed by atoms with Crippen LogP contribution < -0.4 is 5.32 Å². The minimum Gasteiger partial charge on any atom is -0.451 e. The number of anilines is 1. The zero-order chi connectivity index (χ0) is 12.5. The Labute approximate surface area is 102 Å². The minimum atomic E-state index is -0.373. The van der Waals surface area contributed by atoms with E-state index in [1.807, 2.05) is 0 Å². The Morgan fingerprint density at radius 3 is 2.89 bits per heavy atom. The summed E-state index contributed by atoms with van der Waals surface area (Å²) in [6.07, 6.45) is 1.44. The van der Waals surface area contributed by atoms with Gasteiger partial charge in [-0.25, -0.2) is 14.4 Å². The zero-order valence-corrected chi connectivity index (χ0v) is 9.64. The van der Waals surface area contributed by atoms with Gasteiger partial charge in [0.25, 0.3) is 0 Å². The molecule has 0 fully saturated rings. The number of halogens is 1. The van der Waals surface area contributed by atoms with Crippen LogP contribution in [0.3, 0.4) is 0 Å². The average Bonchev–Trinajstić information content (AvgIpc) is 2.84. The van der Waals surface area contributed by atoms with Crippen molar-refractivity contribution < 1.29 is 8.81 Å². The maximum absolute atomic E-state index is 13.5. The summed E-state index contributed by atoms with van der Waals surface area (Å²) in [6, 6.07) is 8.33. The Bertz CT molecular complexity index is 708. The first-order valence-electron chi connectivity index (χ1n) is 5.46. The van der Waals surface area contributed by atoms with E-state index < -0.39 is 0 Å². The number of rotatable bonds is 2. The molecule has 1 aromatic carbocycles. The number of aromatic nitrogens is 2. The molecule has 90 valence electrons. The van der Waals surface area contributed by atoms with Crippen molar-refractivity contribution in [2.45, 2.75) is 0 Å². The third-order valence-corrected chi connectivity index (χ3v) is 2.67. The predicted octanol–water partition coefficient (Wildman–Crippen LogP) is 3.07. The van der Waals surface area contributed by atoms with E-state index in [-0.39, 0.29) is 11.4 Å². The van der Waals surface area contributed by atoms with Gasteiger partial charge in [-0.15, -0.1) is 0 Å². The molecule has 0 aliphatic carbocycles. The second-order valence-electron chi connectivity index (χ2n) is 3.81. The van der Waals surface area contributed by atoms with Gasteiger partial charge in [0.2, 0.25) is 0 Å². The molecule has 0 saturated carbocycles. The SMILES string of the molecule is CNc1cc(-c2cc3cccc(F)c3o2)ncn1. The fraction of sp³-hybridized carbons (Fsp3) is 0.0769. The number of fused-ring (bicyclic) bond motifs is 1. The van der Waals surface area contributed by atoms with E-state index in [9.17, 15) is 4.39 Å². The molecule has 0 aliphatic rings. The molecule has 0 aliphatic heterocycles. The van der Waals surface area contributed by atoms with E-state index in [2.05, 4.69) is 15.3 Å². The van der Waals surface area contributed by atoms with Gasteiger partial charge in [0.1, 0.15) is 17.8 Å². The lowest BCUT2D eigenvalue weighted by atomic mass is 10.2. The van der Waals surface area contributed by atoms with Crippen LogP contribution in [-0.2, 0) is 0 Å². The second-order valence-corrected chi connectivity index (χ2v) is 3.81. The summed E-state index contributed by atoms with van der Waals surface area (Å²) in [4.78, 5) is 8.13. The molecule has 0 unspecified atom stereocenters. The van der Waals surface area contributed by atoms with Gasteiger partial charge < -0.3 is 9.73 Å². The van der Waals surface area contributed by atoms with Crippen LogP contribution in [-0.4, -0.2) is 17.0 Å². The van der Waals surface area contributed by atoms with Crippen molar-refractivity contribution in [3.8, 4) is 11.5 Å². The fourth-order valence-corrected chi connectivity index (χ4v) is 1.78. The summed E-state index contributed by atoms with van der Waals surface area (Å²) in [5.41, 5.74) is 0.863. The maximum atomic E-state index is 13.5. The van der Waals surface area contributed by atoms with E-state index in [1.165, 1.54) is 12.4 Å². The molecule has 0 amide bonds. The molecule has 18 heavy (non-hydrogen) atoms. The molecule has 2 heterocycles. The smallest absolute Gasteiger partial charge is 0.170 e. The Morgan fingerprint density at radius 2 is 2.11 bits per heavy atom. The van der Waals surface area contributed by atoms with Crippen LogP contribution in [0.2, 0.25) is 0 Å². The predicted molar refractivity (Wildman–Crippen MR) is 66.7 cm³/mol. The zero-order valence-electron chi connectivity index (χ0n) is 9.64. The first-order chi connectivity index (χ1) is 8.78. The van der Waals surface area contributed by atoms with Crippen molar-refractivity contribution in [1.82, 2.24) is 9.97 Å². The highest BCUT2D eigenvalue weighted by Gasteiger charge is 2.11. The summed E-state index contributed by atoms with van der Waals surface area (Å²) < 4.78 is 19.0. The van der Waals surface area contributed by atoms with Crippen LogP contribution in [0.15, 0.2) is 41.1 Å². The number of nitrogens with one attached hydrogen (secondary N) is 1. The highest BCUT2D eigenvalue weighted by molar-refractivity contribution is 5.82. The van der Waals surface area contributed by atoms with Crippen LogP contribution in [0.5, 0.6) is 0 Å². The van der Waals surface area contributed by atoms with Gasteiger partial charge in [-0.1, -0.05) is 12.1 Å². The van der Waals surface area contributed by atoms with Gasteiger partial charge in [0.15, 0.2) is 17.2 Å². The van der Waals surface area contributed by atoms with Crippen molar-refractivity contribution in [2.75, 3.05) is 12.4 Å². The molecule has 0 spiro atoms. The summed E-state index contributed by atoms with van der Waals surface area (Å²) in [7, 11) is 1.77. The molecule has 0 atom stereocenters. The summed E-state index contributed by atoms with van der Waals surface area (Å²) in [6.45, 7) is 0. The van der Waals surface area contributed by atoms with Gasteiger partial charge in [-0.3, -0.25) is 0 Å². The highest BCUT2D eigenvalue weighted by atomic mass is 19.1. The summed E-state index contributed by atoms with van der Waals surface area (Å²) >= 11 is 0. The minimum absolute atomic E-state index is 0.247. The van der Waals surface area contributed by atoms with Gasteiger partial charge in [0, 0.05) is 18.5 Å². The molecule has 5 heteroatoms. The maximum Gasteiger partial charge on any atom is 0.170 e. The van der Waals surface area contributed by atoms with Crippen molar-refractivity contribution in [2.24, 2.45) is 0 Å². The molecular formula is C13H10FN3O. The monoisotopic (exact) mass is 243 g/mol. The van der Waals surface area contributed by atoms with Crippen molar-refractivity contribution in [1.29, 1.82) is 0 Å². The Balaban J connectivity index is 2.16. The topological polar surface area (TPSA) is 51.0 Å². The molecule has 0 radical (unpaired) electrons. The van der Waals surface area contributed by atoms with E-state index in [1.54, 1.807) is 31.3 Å². The van der Waals surface area contributed by atoms with Crippen LogP contribution in [0.1, 0.15) is 0 Å². The Morgan fingerprint density at radius 1 is 1.22 bits per heavy atom. The van der Waals surface area contributed by atoms with E-state index in [0.717, 1.165) is 5.39 Å². The second kappa shape index (κ2) is 4.10. The van der Waals surface area contributed by atoms with E-state index >= 15 is 0 Å². The van der Waals surface area contributed by atoms with Gasteiger partial charge in [-0.05, 0) is 12.1 Å². The fourth-order valence-electron chi connectivity index (χ4n) is 1.78. The average molecular weight is 243 g/mol. The number of hydrogen-bond donors (Lipinski definition) is 1. The van der Waals surface area contributed by atoms with Crippen LogP contribution in [0, 0.1) is 5.82 Å². The highest BCUT2D eigenvalue weighted by Crippen LogP contribution is 2.28. The summed E-state index contributed by atoms with van der Waals surface area (Å²) in [5, 5.41) is 3.63. The van der Waals surface area contributed by atoms with Crippen molar-refractivity contribution in [3.63, 3.8) is 0 Å². The largest absolute Gasteiger partial charge is 0.451 e. The lowest BCUT2D eigenvalue weighted by molar-refractivity contribution is 0.567. The summed E-state index contributed by atoms with van der Waals surface area (Å²) in [5.74, 6) is 0.830. The Kier molecular flexibility index (Phi) is 2.44. The molecule has 1 N–H and O–H groups in total.